The van der Waals surface area contributed by atoms with Crippen molar-refractivity contribution in [1.29, 1.82) is 0 Å². The van der Waals surface area contributed by atoms with Crippen molar-refractivity contribution in [3.63, 3.8) is 0 Å². The minimum Gasteiger partial charge on any atom is -0.383 e. The molecule has 0 saturated carbocycles. The molecule has 1 rings (SSSR count). The highest BCUT2D eigenvalue weighted by molar-refractivity contribution is 5.83. The van der Waals surface area contributed by atoms with E-state index in [2.05, 4.69) is 5.10 Å². The SMILES string of the molecule is CCCc1nn(C)c(N)c1C=O. The van der Waals surface area contributed by atoms with E-state index < -0.39 is 0 Å². The van der Waals surface area contributed by atoms with E-state index >= 15 is 0 Å². The predicted molar refractivity (Wildman–Crippen MR) is 47.0 cm³/mol. The molecule has 0 aromatic carbocycles. The fraction of sp³-hybridized carbons (Fsp3) is 0.500. The Hall–Kier alpha value is -1.32. The zero-order chi connectivity index (χ0) is 9.14. The fourth-order valence-electron chi connectivity index (χ4n) is 1.16. The molecular weight excluding hydrogens is 154 g/mol. The third-order valence-electron chi connectivity index (χ3n) is 1.81. The summed E-state index contributed by atoms with van der Waals surface area (Å²) in [7, 11) is 1.74. The molecule has 4 heteroatoms. The molecule has 0 atom stereocenters. The Balaban J connectivity index is 3.10. The highest BCUT2D eigenvalue weighted by atomic mass is 16.1. The Labute approximate surface area is 71.4 Å². The molecule has 12 heavy (non-hydrogen) atoms. The first-order valence-corrected chi connectivity index (χ1v) is 3.97. The number of aldehydes is 1. The maximum Gasteiger partial charge on any atom is 0.155 e. The number of nitrogen functional groups attached to an aromatic ring is 1. The summed E-state index contributed by atoms with van der Waals surface area (Å²) in [5.74, 6) is 0.452. The van der Waals surface area contributed by atoms with Gasteiger partial charge in [0.2, 0.25) is 0 Å². The van der Waals surface area contributed by atoms with Crippen LogP contribution in [-0.4, -0.2) is 16.1 Å². The number of aromatic nitrogens is 2. The van der Waals surface area contributed by atoms with E-state index in [1.54, 1.807) is 7.05 Å². The average molecular weight is 167 g/mol. The Morgan fingerprint density at radius 2 is 2.33 bits per heavy atom. The second-order valence-electron chi connectivity index (χ2n) is 2.74. The van der Waals surface area contributed by atoms with Gasteiger partial charge >= 0.3 is 0 Å². The van der Waals surface area contributed by atoms with Gasteiger partial charge in [-0.2, -0.15) is 5.10 Å². The van der Waals surface area contributed by atoms with Gasteiger partial charge in [-0.05, 0) is 6.42 Å². The summed E-state index contributed by atoms with van der Waals surface area (Å²) in [5.41, 5.74) is 6.95. The van der Waals surface area contributed by atoms with Gasteiger partial charge in [-0.25, -0.2) is 0 Å². The molecule has 2 N–H and O–H groups in total. The van der Waals surface area contributed by atoms with Crippen LogP contribution in [0.2, 0.25) is 0 Å². The van der Waals surface area contributed by atoms with Crippen LogP contribution in [0.25, 0.3) is 0 Å². The van der Waals surface area contributed by atoms with Crippen LogP contribution < -0.4 is 5.73 Å². The number of hydrogen-bond donors (Lipinski definition) is 1. The second kappa shape index (κ2) is 3.38. The predicted octanol–water partition coefficient (Wildman–Crippen LogP) is 0.767. The smallest absolute Gasteiger partial charge is 0.155 e. The number of nitrogens with two attached hydrogens (primary N) is 1. The minimum absolute atomic E-state index is 0.452. The van der Waals surface area contributed by atoms with Crippen LogP contribution >= 0.6 is 0 Å². The quantitative estimate of drug-likeness (QED) is 0.676. The molecule has 1 aromatic rings. The minimum atomic E-state index is 0.452. The van der Waals surface area contributed by atoms with Gasteiger partial charge in [0, 0.05) is 7.05 Å². The summed E-state index contributed by atoms with van der Waals surface area (Å²) < 4.78 is 1.54. The molecule has 4 nitrogen and oxygen atoms in total. The van der Waals surface area contributed by atoms with Gasteiger partial charge in [-0.3, -0.25) is 9.48 Å². The molecule has 0 aliphatic rings. The van der Waals surface area contributed by atoms with Crippen LogP contribution in [0.5, 0.6) is 0 Å². The number of aryl methyl sites for hydroxylation is 2. The van der Waals surface area contributed by atoms with E-state index in [1.807, 2.05) is 6.92 Å². The topological polar surface area (TPSA) is 60.9 Å². The molecule has 0 aliphatic carbocycles. The van der Waals surface area contributed by atoms with Crippen molar-refractivity contribution >= 4 is 12.1 Å². The van der Waals surface area contributed by atoms with Crippen LogP contribution in [0.3, 0.4) is 0 Å². The lowest BCUT2D eigenvalue weighted by Gasteiger charge is -1.91. The molecule has 0 radical (unpaired) electrons. The summed E-state index contributed by atoms with van der Waals surface area (Å²) >= 11 is 0. The molecule has 0 bridgehead atoms. The Bertz CT molecular complexity index is 291. The number of rotatable bonds is 3. The molecule has 0 spiro atoms. The third-order valence-corrected chi connectivity index (χ3v) is 1.81. The van der Waals surface area contributed by atoms with Crippen LogP contribution in [-0.2, 0) is 13.5 Å². The molecule has 0 amide bonds. The van der Waals surface area contributed by atoms with Gasteiger partial charge in [0.1, 0.15) is 5.82 Å². The van der Waals surface area contributed by atoms with Gasteiger partial charge < -0.3 is 5.73 Å². The van der Waals surface area contributed by atoms with E-state index in [1.165, 1.54) is 4.68 Å². The molecule has 0 fully saturated rings. The number of hydrogen-bond acceptors (Lipinski definition) is 3. The fourth-order valence-corrected chi connectivity index (χ4v) is 1.16. The summed E-state index contributed by atoms with van der Waals surface area (Å²) in [5, 5.41) is 4.13. The van der Waals surface area contributed by atoms with E-state index in [0.717, 1.165) is 24.8 Å². The van der Waals surface area contributed by atoms with Crippen molar-refractivity contribution in [2.45, 2.75) is 19.8 Å². The standard InChI is InChI=1S/C8H13N3O/c1-3-4-7-6(5-12)8(9)11(2)10-7/h5H,3-4,9H2,1-2H3. The first-order valence-electron chi connectivity index (χ1n) is 3.97. The van der Waals surface area contributed by atoms with Gasteiger partial charge in [0.25, 0.3) is 0 Å². The monoisotopic (exact) mass is 167 g/mol. The maximum absolute atomic E-state index is 10.6. The van der Waals surface area contributed by atoms with Crippen LogP contribution in [0.15, 0.2) is 0 Å². The van der Waals surface area contributed by atoms with Crippen molar-refractivity contribution in [2.75, 3.05) is 5.73 Å². The van der Waals surface area contributed by atoms with Gasteiger partial charge in [-0.1, -0.05) is 13.3 Å². The number of carbonyl (C=O) groups is 1. The second-order valence-corrected chi connectivity index (χ2v) is 2.74. The normalized spacial score (nSPS) is 10.2. The van der Waals surface area contributed by atoms with E-state index in [0.29, 0.717) is 11.4 Å². The lowest BCUT2D eigenvalue weighted by molar-refractivity contribution is 0.112. The van der Waals surface area contributed by atoms with Gasteiger partial charge in [0.15, 0.2) is 6.29 Å². The lowest BCUT2D eigenvalue weighted by Crippen LogP contribution is -1.98. The van der Waals surface area contributed by atoms with Crippen molar-refractivity contribution in [3.05, 3.63) is 11.3 Å². The average Bonchev–Trinajstić information content (AvgIpc) is 2.29. The molecule has 1 heterocycles. The van der Waals surface area contributed by atoms with Gasteiger partial charge in [0.05, 0.1) is 11.3 Å². The van der Waals surface area contributed by atoms with Crippen molar-refractivity contribution in [2.24, 2.45) is 7.05 Å². The zero-order valence-corrected chi connectivity index (χ0v) is 7.37. The van der Waals surface area contributed by atoms with Crippen molar-refractivity contribution in [3.8, 4) is 0 Å². The highest BCUT2D eigenvalue weighted by Crippen LogP contribution is 2.14. The Kier molecular flexibility index (Phi) is 2.47. The molecule has 66 valence electrons. The third kappa shape index (κ3) is 1.32. The van der Waals surface area contributed by atoms with E-state index in [4.69, 9.17) is 5.73 Å². The number of nitrogens with zero attached hydrogens (tertiary/aromatic N) is 2. The molecule has 0 saturated heterocycles. The molecule has 0 unspecified atom stereocenters. The first kappa shape index (κ1) is 8.77. The Morgan fingerprint density at radius 1 is 1.67 bits per heavy atom. The van der Waals surface area contributed by atoms with Crippen molar-refractivity contribution in [1.82, 2.24) is 9.78 Å². The highest BCUT2D eigenvalue weighted by Gasteiger charge is 2.11. The van der Waals surface area contributed by atoms with E-state index in [9.17, 15) is 4.79 Å². The van der Waals surface area contributed by atoms with E-state index in [-0.39, 0.29) is 0 Å². The summed E-state index contributed by atoms with van der Waals surface area (Å²) in [6.45, 7) is 2.04. The summed E-state index contributed by atoms with van der Waals surface area (Å²) in [4.78, 5) is 10.6. The van der Waals surface area contributed by atoms with Crippen molar-refractivity contribution < 1.29 is 4.79 Å². The number of carbonyl (C=O) groups excluding carboxylic acids is 1. The van der Waals surface area contributed by atoms with Gasteiger partial charge in [-0.15, -0.1) is 0 Å². The zero-order valence-electron chi connectivity index (χ0n) is 7.37. The van der Waals surface area contributed by atoms with Crippen LogP contribution in [0.1, 0.15) is 29.4 Å². The summed E-state index contributed by atoms with van der Waals surface area (Å²) in [6.07, 6.45) is 2.55. The lowest BCUT2D eigenvalue weighted by atomic mass is 10.2. The number of anilines is 1. The molecule has 1 aromatic heterocycles. The largest absolute Gasteiger partial charge is 0.383 e. The van der Waals surface area contributed by atoms with Crippen LogP contribution in [0.4, 0.5) is 5.82 Å². The maximum atomic E-state index is 10.6. The first-order chi connectivity index (χ1) is 5.70. The van der Waals surface area contributed by atoms with Crippen LogP contribution in [0, 0.1) is 0 Å². The Morgan fingerprint density at radius 3 is 2.83 bits per heavy atom. The summed E-state index contributed by atoms with van der Waals surface area (Å²) in [6, 6.07) is 0. The molecule has 0 aliphatic heterocycles. The molecular formula is C8H13N3O.